The number of hydrogen-bond donors (Lipinski definition) is 1. The van der Waals surface area contributed by atoms with E-state index in [1.54, 1.807) is 0 Å². The van der Waals surface area contributed by atoms with Crippen molar-refractivity contribution in [1.82, 2.24) is 4.90 Å². The fraction of sp³-hybridized carbons (Fsp3) is 0.571. The summed E-state index contributed by atoms with van der Waals surface area (Å²) in [6.45, 7) is 4.04. The SMILES string of the molecule is Cc1cc(N)cc(OCCC2CCCN2C)c1. The molecule has 1 atom stereocenters. The normalized spacial score (nSPS) is 20.7. The minimum absolute atomic E-state index is 0.692. The van der Waals surface area contributed by atoms with Crippen molar-refractivity contribution in [2.45, 2.75) is 32.2 Å². The Balaban J connectivity index is 1.81. The molecule has 1 aromatic carbocycles. The van der Waals surface area contributed by atoms with Gasteiger partial charge in [0.2, 0.25) is 0 Å². The van der Waals surface area contributed by atoms with Crippen molar-refractivity contribution in [2.75, 3.05) is 25.9 Å². The van der Waals surface area contributed by atoms with E-state index in [1.165, 1.54) is 19.4 Å². The molecule has 1 unspecified atom stereocenters. The van der Waals surface area contributed by atoms with Gasteiger partial charge in [0.1, 0.15) is 5.75 Å². The Morgan fingerprint density at radius 3 is 2.88 bits per heavy atom. The molecule has 0 aliphatic carbocycles. The van der Waals surface area contributed by atoms with Crippen LogP contribution in [0.5, 0.6) is 5.75 Å². The lowest BCUT2D eigenvalue weighted by atomic mass is 10.1. The summed E-state index contributed by atoms with van der Waals surface area (Å²) in [5.74, 6) is 0.892. The van der Waals surface area contributed by atoms with Gasteiger partial charge in [-0.15, -0.1) is 0 Å². The van der Waals surface area contributed by atoms with Gasteiger partial charge in [0.25, 0.3) is 0 Å². The first-order chi connectivity index (χ1) is 8.15. The number of hydrogen-bond acceptors (Lipinski definition) is 3. The molecular formula is C14H22N2O. The Kier molecular flexibility index (Phi) is 3.89. The molecule has 0 spiro atoms. The first kappa shape index (κ1) is 12.2. The van der Waals surface area contributed by atoms with Crippen molar-refractivity contribution in [3.63, 3.8) is 0 Å². The van der Waals surface area contributed by atoms with Crippen molar-refractivity contribution < 1.29 is 4.74 Å². The summed E-state index contributed by atoms with van der Waals surface area (Å²) in [7, 11) is 2.20. The predicted octanol–water partition coefficient (Wildman–Crippen LogP) is 2.44. The zero-order valence-electron chi connectivity index (χ0n) is 10.8. The zero-order valence-corrected chi connectivity index (χ0v) is 10.8. The lowest BCUT2D eigenvalue weighted by Crippen LogP contribution is -2.26. The standard InChI is InChI=1S/C14H22N2O/c1-11-8-12(15)10-14(9-11)17-7-5-13-4-3-6-16(13)2/h8-10,13H,3-7,15H2,1-2H3. The highest BCUT2D eigenvalue weighted by Crippen LogP contribution is 2.21. The molecule has 0 aromatic heterocycles. The molecule has 3 heteroatoms. The maximum absolute atomic E-state index is 5.79. The Morgan fingerprint density at radius 1 is 1.41 bits per heavy atom. The first-order valence-electron chi connectivity index (χ1n) is 6.35. The number of benzene rings is 1. The Morgan fingerprint density at radius 2 is 2.24 bits per heavy atom. The van der Waals surface area contributed by atoms with Crippen molar-refractivity contribution >= 4 is 5.69 Å². The van der Waals surface area contributed by atoms with Crippen LogP contribution >= 0.6 is 0 Å². The molecule has 1 aromatic rings. The molecule has 1 fully saturated rings. The van der Waals surface area contributed by atoms with Gasteiger partial charge in [0, 0.05) is 17.8 Å². The molecule has 0 amide bonds. The van der Waals surface area contributed by atoms with Crippen LogP contribution in [0.4, 0.5) is 5.69 Å². The summed E-state index contributed by atoms with van der Waals surface area (Å²) in [5.41, 5.74) is 7.71. The number of likely N-dealkylation sites (tertiary alicyclic amines) is 1. The number of rotatable bonds is 4. The average molecular weight is 234 g/mol. The molecule has 17 heavy (non-hydrogen) atoms. The van der Waals surface area contributed by atoms with Crippen molar-refractivity contribution in [3.8, 4) is 5.75 Å². The molecule has 1 heterocycles. The number of nitrogens with two attached hydrogens (primary N) is 1. The molecular weight excluding hydrogens is 212 g/mol. The molecule has 1 aliphatic heterocycles. The van der Waals surface area contributed by atoms with Gasteiger partial charge < -0.3 is 15.4 Å². The fourth-order valence-corrected chi connectivity index (χ4v) is 2.52. The van der Waals surface area contributed by atoms with Gasteiger partial charge in [0.15, 0.2) is 0 Å². The van der Waals surface area contributed by atoms with Gasteiger partial charge in [0.05, 0.1) is 6.61 Å². The second kappa shape index (κ2) is 5.41. The molecule has 2 N–H and O–H groups in total. The highest BCUT2D eigenvalue weighted by Gasteiger charge is 2.20. The number of nitrogen functional groups attached to an aromatic ring is 1. The number of ether oxygens (including phenoxy) is 1. The van der Waals surface area contributed by atoms with Crippen molar-refractivity contribution in [2.24, 2.45) is 0 Å². The van der Waals surface area contributed by atoms with Crippen LogP contribution in [0.1, 0.15) is 24.8 Å². The van der Waals surface area contributed by atoms with E-state index in [1.807, 2.05) is 25.1 Å². The minimum atomic E-state index is 0.692. The summed E-state index contributed by atoms with van der Waals surface area (Å²) < 4.78 is 5.77. The summed E-state index contributed by atoms with van der Waals surface area (Å²) >= 11 is 0. The molecule has 1 aliphatic rings. The smallest absolute Gasteiger partial charge is 0.121 e. The van der Waals surface area contributed by atoms with E-state index in [0.717, 1.165) is 30.0 Å². The van der Waals surface area contributed by atoms with E-state index in [0.29, 0.717) is 6.04 Å². The Hall–Kier alpha value is -1.22. The third-order valence-corrected chi connectivity index (χ3v) is 3.46. The van der Waals surface area contributed by atoms with Gasteiger partial charge in [-0.05, 0) is 57.5 Å². The molecule has 0 bridgehead atoms. The molecule has 0 saturated carbocycles. The van der Waals surface area contributed by atoms with Gasteiger partial charge in [-0.2, -0.15) is 0 Å². The Labute approximate surface area is 104 Å². The second-order valence-corrected chi connectivity index (χ2v) is 4.99. The fourth-order valence-electron chi connectivity index (χ4n) is 2.52. The zero-order chi connectivity index (χ0) is 12.3. The second-order valence-electron chi connectivity index (χ2n) is 4.99. The quantitative estimate of drug-likeness (QED) is 0.813. The minimum Gasteiger partial charge on any atom is -0.493 e. The summed E-state index contributed by atoms with van der Waals surface area (Å²) in [5, 5.41) is 0. The number of aryl methyl sites for hydroxylation is 1. The summed E-state index contributed by atoms with van der Waals surface area (Å²) in [6.07, 6.45) is 3.72. The van der Waals surface area contributed by atoms with Crippen LogP contribution < -0.4 is 10.5 Å². The molecule has 3 nitrogen and oxygen atoms in total. The molecule has 94 valence electrons. The van der Waals surface area contributed by atoms with Gasteiger partial charge in [-0.3, -0.25) is 0 Å². The molecule has 1 saturated heterocycles. The van der Waals surface area contributed by atoms with Crippen LogP contribution in [0.2, 0.25) is 0 Å². The molecule has 0 radical (unpaired) electrons. The van der Waals surface area contributed by atoms with E-state index >= 15 is 0 Å². The average Bonchev–Trinajstić information content (AvgIpc) is 2.63. The maximum Gasteiger partial charge on any atom is 0.121 e. The van der Waals surface area contributed by atoms with E-state index in [-0.39, 0.29) is 0 Å². The monoisotopic (exact) mass is 234 g/mol. The van der Waals surface area contributed by atoms with Crippen LogP contribution in [-0.2, 0) is 0 Å². The maximum atomic E-state index is 5.79. The van der Waals surface area contributed by atoms with Crippen LogP contribution in [0.3, 0.4) is 0 Å². The van der Waals surface area contributed by atoms with Gasteiger partial charge in [-0.1, -0.05) is 0 Å². The largest absolute Gasteiger partial charge is 0.493 e. The van der Waals surface area contributed by atoms with Gasteiger partial charge >= 0.3 is 0 Å². The molecule has 2 rings (SSSR count). The first-order valence-corrected chi connectivity index (χ1v) is 6.35. The third-order valence-electron chi connectivity index (χ3n) is 3.46. The Bertz CT molecular complexity index is 358. The highest BCUT2D eigenvalue weighted by molar-refractivity contribution is 5.47. The van der Waals surface area contributed by atoms with Crippen molar-refractivity contribution in [3.05, 3.63) is 23.8 Å². The van der Waals surface area contributed by atoms with Crippen LogP contribution in [0, 0.1) is 6.92 Å². The van der Waals surface area contributed by atoms with Crippen molar-refractivity contribution in [1.29, 1.82) is 0 Å². The van der Waals surface area contributed by atoms with Crippen LogP contribution in [0.15, 0.2) is 18.2 Å². The van der Waals surface area contributed by atoms with E-state index < -0.39 is 0 Å². The van der Waals surface area contributed by atoms with Crippen LogP contribution in [-0.4, -0.2) is 31.1 Å². The van der Waals surface area contributed by atoms with E-state index in [9.17, 15) is 0 Å². The topological polar surface area (TPSA) is 38.5 Å². The summed E-state index contributed by atoms with van der Waals surface area (Å²) in [6, 6.07) is 6.58. The van der Waals surface area contributed by atoms with E-state index in [2.05, 4.69) is 11.9 Å². The lowest BCUT2D eigenvalue weighted by Gasteiger charge is -2.19. The van der Waals surface area contributed by atoms with Crippen LogP contribution in [0.25, 0.3) is 0 Å². The number of anilines is 1. The third kappa shape index (κ3) is 3.37. The number of nitrogens with zero attached hydrogens (tertiary/aromatic N) is 1. The highest BCUT2D eigenvalue weighted by atomic mass is 16.5. The summed E-state index contributed by atoms with van der Waals surface area (Å²) in [4.78, 5) is 2.42. The lowest BCUT2D eigenvalue weighted by molar-refractivity contribution is 0.233. The predicted molar refractivity (Wildman–Crippen MR) is 71.4 cm³/mol. The van der Waals surface area contributed by atoms with Gasteiger partial charge in [-0.25, -0.2) is 0 Å². The van der Waals surface area contributed by atoms with E-state index in [4.69, 9.17) is 10.5 Å².